The van der Waals surface area contributed by atoms with Gasteiger partial charge >= 0.3 is 5.97 Å². The third-order valence-electron chi connectivity index (χ3n) is 3.42. The smallest absolute Gasteiger partial charge is 0.326 e. The fourth-order valence-electron chi connectivity index (χ4n) is 2.40. The highest BCUT2D eigenvalue weighted by atomic mass is 32.1. The van der Waals surface area contributed by atoms with Gasteiger partial charge in [-0.25, -0.2) is 14.2 Å². The summed E-state index contributed by atoms with van der Waals surface area (Å²) in [6, 6.07) is 5.65. The molecule has 1 fully saturated rings. The molecule has 1 aliphatic rings. The van der Waals surface area contributed by atoms with E-state index in [1.54, 1.807) is 12.1 Å². The molecule has 0 spiro atoms. The molecule has 4 nitrogen and oxygen atoms in total. The van der Waals surface area contributed by atoms with E-state index in [1.165, 1.54) is 23.5 Å². The molecule has 1 aromatic carbocycles. The normalized spacial score (nSPS) is 18.4. The summed E-state index contributed by atoms with van der Waals surface area (Å²) in [5, 5.41) is 11.8. The Bertz CT molecular complexity index is 626. The minimum atomic E-state index is -0.805. The van der Waals surface area contributed by atoms with E-state index in [0.29, 0.717) is 18.1 Å². The van der Waals surface area contributed by atoms with Crippen LogP contribution in [0.4, 0.5) is 9.52 Å². The first kappa shape index (κ1) is 13.1. The molecule has 20 heavy (non-hydrogen) atoms. The molecule has 0 radical (unpaired) electrons. The lowest BCUT2D eigenvalue weighted by molar-refractivity contribution is -0.138. The Kier molecular flexibility index (Phi) is 3.40. The van der Waals surface area contributed by atoms with Crippen LogP contribution in [0.2, 0.25) is 0 Å². The molecule has 0 bridgehead atoms. The van der Waals surface area contributed by atoms with Gasteiger partial charge in [-0.2, -0.15) is 0 Å². The standard InChI is InChI=1S/C14H13FN2O2S/c15-10-5-3-9(4-6-10)11-8-20-14(16-11)17-7-1-2-12(17)13(18)19/h3-6,8,12H,1-2,7H2,(H,18,19)/t12-/m0/s1. The number of anilines is 1. The number of halogens is 1. The van der Waals surface area contributed by atoms with Gasteiger partial charge < -0.3 is 10.0 Å². The first-order chi connectivity index (χ1) is 9.65. The summed E-state index contributed by atoms with van der Waals surface area (Å²) in [6.07, 6.45) is 1.52. The first-order valence-corrected chi connectivity index (χ1v) is 7.24. The average Bonchev–Trinajstić information content (AvgIpc) is 3.08. The Morgan fingerprint density at radius 1 is 1.40 bits per heavy atom. The summed E-state index contributed by atoms with van der Waals surface area (Å²) in [5.74, 6) is -1.09. The van der Waals surface area contributed by atoms with Crippen molar-refractivity contribution in [1.29, 1.82) is 0 Å². The number of carboxylic acid groups (broad SMARTS) is 1. The van der Waals surface area contributed by atoms with Gasteiger partial charge in [-0.15, -0.1) is 11.3 Å². The molecule has 0 amide bonds. The van der Waals surface area contributed by atoms with Gasteiger partial charge in [-0.1, -0.05) is 0 Å². The third kappa shape index (κ3) is 2.38. The van der Waals surface area contributed by atoms with Crippen molar-refractivity contribution in [3.8, 4) is 11.3 Å². The first-order valence-electron chi connectivity index (χ1n) is 6.36. The minimum absolute atomic E-state index is 0.283. The maximum atomic E-state index is 12.9. The number of thiazole rings is 1. The van der Waals surface area contributed by atoms with Crippen molar-refractivity contribution < 1.29 is 14.3 Å². The Balaban J connectivity index is 1.86. The summed E-state index contributed by atoms with van der Waals surface area (Å²) in [7, 11) is 0. The maximum Gasteiger partial charge on any atom is 0.326 e. The van der Waals surface area contributed by atoms with Gasteiger partial charge in [-0.05, 0) is 37.1 Å². The molecular weight excluding hydrogens is 279 g/mol. The van der Waals surface area contributed by atoms with Crippen LogP contribution in [0.5, 0.6) is 0 Å². The van der Waals surface area contributed by atoms with E-state index in [4.69, 9.17) is 0 Å². The minimum Gasteiger partial charge on any atom is -0.480 e. The van der Waals surface area contributed by atoms with Crippen LogP contribution in [0.25, 0.3) is 11.3 Å². The molecule has 1 aliphatic heterocycles. The molecule has 0 saturated carbocycles. The molecule has 2 aromatic rings. The highest BCUT2D eigenvalue weighted by Crippen LogP contribution is 2.32. The van der Waals surface area contributed by atoms with Crippen LogP contribution in [0, 0.1) is 5.82 Å². The Labute approximate surface area is 119 Å². The van der Waals surface area contributed by atoms with Gasteiger partial charge in [0.05, 0.1) is 5.69 Å². The van der Waals surface area contributed by atoms with Crippen molar-refractivity contribution in [1.82, 2.24) is 4.98 Å². The Hall–Kier alpha value is -1.95. The number of benzene rings is 1. The number of rotatable bonds is 3. The zero-order valence-electron chi connectivity index (χ0n) is 10.6. The molecule has 1 atom stereocenters. The van der Waals surface area contributed by atoms with Crippen molar-refractivity contribution in [3.05, 3.63) is 35.5 Å². The van der Waals surface area contributed by atoms with Gasteiger partial charge in [0.2, 0.25) is 0 Å². The van der Waals surface area contributed by atoms with Crippen molar-refractivity contribution >= 4 is 22.4 Å². The number of carboxylic acids is 1. The summed E-state index contributed by atoms with van der Waals surface area (Å²) in [6.45, 7) is 0.716. The van der Waals surface area contributed by atoms with E-state index in [-0.39, 0.29) is 5.82 Å². The molecule has 0 unspecified atom stereocenters. The molecular formula is C14H13FN2O2S. The van der Waals surface area contributed by atoms with Crippen LogP contribution >= 0.6 is 11.3 Å². The Morgan fingerprint density at radius 2 is 2.15 bits per heavy atom. The lowest BCUT2D eigenvalue weighted by Crippen LogP contribution is -2.35. The van der Waals surface area contributed by atoms with Gasteiger partial charge in [0.25, 0.3) is 0 Å². The van der Waals surface area contributed by atoms with Crippen molar-refractivity contribution in [3.63, 3.8) is 0 Å². The van der Waals surface area contributed by atoms with Crippen LogP contribution in [0.1, 0.15) is 12.8 Å². The second-order valence-corrected chi connectivity index (χ2v) is 5.55. The summed E-state index contributed by atoms with van der Waals surface area (Å²) in [4.78, 5) is 17.5. The second-order valence-electron chi connectivity index (χ2n) is 4.71. The van der Waals surface area contributed by atoms with Crippen LogP contribution in [0.15, 0.2) is 29.6 Å². The monoisotopic (exact) mass is 292 g/mol. The number of aliphatic carboxylic acids is 1. The number of hydrogen-bond donors (Lipinski definition) is 1. The van der Waals surface area contributed by atoms with E-state index in [0.717, 1.165) is 17.7 Å². The fraction of sp³-hybridized carbons (Fsp3) is 0.286. The average molecular weight is 292 g/mol. The quantitative estimate of drug-likeness (QED) is 0.945. The lowest BCUT2D eigenvalue weighted by atomic mass is 10.2. The van der Waals surface area contributed by atoms with Gasteiger partial charge in [0.1, 0.15) is 11.9 Å². The molecule has 6 heteroatoms. The van der Waals surface area contributed by atoms with E-state index >= 15 is 0 Å². The predicted molar refractivity (Wildman–Crippen MR) is 75.5 cm³/mol. The van der Waals surface area contributed by atoms with Gasteiger partial charge in [-0.3, -0.25) is 0 Å². The van der Waals surface area contributed by atoms with E-state index < -0.39 is 12.0 Å². The second kappa shape index (κ2) is 5.20. The number of aromatic nitrogens is 1. The fourth-order valence-corrected chi connectivity index (χ4v) is 3.31. The molecule has 1 N–H and O–H groups in total. The zero-order chi connectivity index (χ0) is 14.1. The predicted octanol–water partition coefficient (Wildman–Crippen LogP) is 3.00. The summed E-state index contributed by atoms with van der Waals surface area (Å²) in [5.41, 5.74) is 1.58. The summed E-state index contributed by atoms with van der Waals surface area (Å²) >= 11 is 1.42. The molecule has 1 aromatic heterocycles. The SMILES string of the molecule is O=C(O)[C@@H]1CCCN1c1nc(-c2ccc(F)cc2)cs1. The highest BCUT2D eigenvalue weighted by molar-refractivity contribution is 7.14. The third-order valence-corrected chi connectivity index (χ3v) is 4.29. The van der Waals surface area contributed by atoms with Crippen molar-refractivity contribution in [2.24, 2.45) is 0 Å². The molecule has 104 valence electrons. The maximum absolute atomic E-state index is 12.9. The molecule has 2 heterocycles. The largest absolute Gasteiger partial charge is 0.480 e. The van der Waals surface area contributed by atoms with Crippen LogP contribution in [-0.4, -0.2) is 28.6 Å². The molecule has 3 rings (SSSR count). The Morgan fingerprint density at radius 3 is 2.85 bits per heavy atom. The summed E-state index contributed by atoms with van der Waals surface area (Å²) < 4.78 is 12.9. The number of carbonyl (C=O) groups is 1. The van der Waals surface area contributed by atoms with Crippen molar-refractivity contribution in [2.75, 3.05) is 11.4 Å². The van der Waals surface area contributed by atoms with Crippen molar-refractivity contribution in [2.45, 2.75) is 18.9 Å². The van der Waals surface area contributed by atoms with Crippen LogP contribution in [-0.2, 0) is 4.79 Å². The van der Waals surface area contributed by atoms with E-state index in [9.17, 15) is 14.3 Å². The van der Waals surface area contributed by atoms with Crippen LogP contribution < -0.4 is 4.90 Å². The van der Waals surface area contributed by atoms with E-state index in [2.05, 4.69) is 4.98 Å². The molecule has 0 aliphatic carbocycles. The van der Waals surface area contributed by atoms with Gasteiger partial charge in [0, 0.05) is 17.5 Å². The number of nitrogens with zero attached hydrogens (tertiary/aromatic N) is 2. The van der Waals surface area contributed by atoms with Crippen LogP contribution in [0.3, 0.4) is 0 Å². The topological polar surface area (TPSA) is 53.4 Å². The highest BCUT2D eigenvalue weighted by Gasteiger charge is 2.32. The molecule has 1 saturated heterocycles. The number of hydrogen-bond acceptors (Lipinski definition) is 4. The van der Waals surface area contributed by atoms with E-state index in [1.807, 2.05) is 10.3 Å². The van der Waals surface area contributed by atoms with Gasteiger partial charge in [0.15, 0.2) is 5.13 Å². The lowest BCUT2D eigenvalue weighted by Gasteiger charge is -2.19. The zero-order valence-corrected chi connectivity index (χ0v) is 11.4.